The zero-order chi connectivity index (χ0) is 18.1. The Balaban J connectivity index is 1.52. The molecule has 2 aromatic heterocycles. The van der Waals surface area contributed by atoms with Crippen molar-refractivity contribution in [2.45, 2.75) is 25.9 Å². The summed E-state index contributed by atoms with van der Waals surface area (Å²) < 4.78 is 2.01. The molecule has 2 amide bonds. The van der Waals surface area contributed by atoms with Gasteiger partial charge in [0.05, 0.1) is 29.6 Å². The molecular formula is C18H20N6O2. The van der Waals surface area contributed by atoms with Crippen LogP contribution in [0.15, 0.2) is 36.7 Å². The Bertz CT molecular complexity index is 959. The Morgan fingerprint density at radius 1 is 1.35 bits per heavy atom. The van der Waals surface area contributed by atoms with Crippen LogP contribution >= 0.6 is 0 Å². The van der Waals surface area contributed by atoms with Gasteiger partial charge in [0.2, 0.25) is 5.91 Å². The fourth-order valence-corrected chi connectivity index (χ4v) is 3.22. The Kier molecular flexibility index (Phi) is 4.16. The topological polar surface area (TPSA) is 95.9 Å². The van der Waals surface area contributed by atoms with Gasteiger partial charge in [-0.1, -0.05) is 12.1 Å². The van der Waals surface area contributed by atoms with E-state index in [1.165, 1.54) is 0 Å². The van der Waals surface area contributed by atoms with E-state index in [1.807, 2.05) is 35.8 Å². The third kappa shape index (κ3) is 3.05. The van der Waals surface area contributed by atoms with E-state index < -0.39 is 0 Å². The molecule has 1 saturated heterocycles. The first-order chi connectivity index (χ1) is 12.6. The highest BCUT2D eigenvalue weighted by Crippen LogP contribution is 2.15. The van der Waals surface area contributed by atoms with Crippen LogP contribution in [0.5, 0.6) is 0 Å². The van der Waals surface area contributed by atoms with E-state index in [2.05, 4.69) is 20.5 Å². The second-order valence-electron chi connectivity index (χ2n) is 6.54. The van der Waals surface area contributed by atoms with Crippen LogP contribution in [0.4, 0.5) is 0 Å². The summed E-state index contributed by atoms with van der Waals surface area (Å²) >= 11 is 0. The number of aromatic nitrogens is 4. The fourth-order valence-electron chi connectivity index (χ4n) is 3.22. The number of rotatable bonds is 3. The summed E-state index contributed by atoms with van der Waals surface area (Å²) in [6, 6.07) is 9.60. The van der Waals surface area contributed by atoms with Gasteiger partial charge in [0.1, 0.15) is 5.69 Å². The summed E-state index contributed by atoms with van der Waals surface area (Å²) in [4.78, 5) is 30.4. The average molecular weight is 352 g/mol. The van der Waals surface area contributed by atoms with Crippen molar-refractivity contribution in [2.75, 3.05) is 13.1 Å². The largest absolute Gasteiger partial charge is 0.354 e. The maximum atomic E-state index is 12.8. The number of imidazole rings is 1. The number of benzene rings is 1. The van der Waals surface area contributed by atoms with Crippen molar-refractivity contribution in [3.8, 4) is 0 Å². The van der Waals surface area contributed by atoms with E-state index in [0.717, 1.165) is 16.7 Å². The van der Waals surface area contributed by atoms with Crippen LogP contribution in [0.1, 0.15) is 29.5 Å². The number of hydrogen-bond donors (Lipinski definition) is 2. The molecule has 0 bridgehead atoms. The minimum absolute atomic E-state index is 0.0261. The van der Waals surface area contributed by atoms with Crippen molar-refractivity contribution in [3.63, 3.8) is 0 Å². The number of amides is 2. The molecule has 3 aromatic rings. The van der Waals surface area contributed by atoms with E-state index in [1.54, 1.807) is 17.3 Å². The van der Waals surface area contributed by atoms with Crippen molar-refractivity contribution in [1.29, 1.82) is 0 Å². The zero-order valence-corrected chi connectivity index (χ0v) is 14.5. The third-order valence-electron chi connectivity index (χ3n) is 4.69. The molecule has 8 nitrogen and oxygen atoms in total. The third-order valence-corrected chi connectivity index (χ3v) is 4.69. The lowest BCUT2D eigenvalue weighted by Crippen LogP contribution is -2.42. The smallest absolute Gasteiger partial charge is 0.274 e. The van der Waals surface area contributed by atoms with Crippen LogP contribution in [0, 0.1) is 0 Å². The lowest BCUT2D eigenvalue weighted by Gasteiger charge is -2.25. The van der Waals surface area contributed by atoms with Gasteiger partial charge >= 0.3 is 0 Å². The molecule has 1 aliphatic rings. The van der Waals surface area contributed by atoms with Crippen LogP contribution in [0.25, 0.3) is 11.0 Å². The Hall–Kier alpha value is -3.16. The molecule has 1 fully saturated rings. The highest BCUT2D eigenvalue weighted by atomic mass is 16.2. The van der Waals surface area contributed by atoms with Crippen LogP contribution in [-0.2, 0) is 11.3 Å². The number of carbonyl (C=O) groups excluding carboxylic acids is 2. The van der Waals surface area contributed by atoms with Crippen molar-refractivity contribution >= 4 is 22.8 Å². The van der Waals surface area contributed by atoms with Crippen molar-refractivity contribution in [1.82, 2.24) is 30.0 Å². The monoisotopic (exact) mass is 352 g/mol. The summed E-state index contributed by atoms with van der Waals surface area (Å²) in [5.74, 6) is -0.186. The number of fused-ring (bicyclic) bond motifs is 1. The molecule has 1 aromatic carbocycles. The molecule has 0 unspecified atom stereocenters. The number of hydrogen-bond acceptors (Lipinski definition) is 4. The molecule has 8 heteroatoms. The lowest BCUT2D eigenvalue weighted by molar-refractivity contribution is -0.120. The molecule has 3 heterocycles. The standard InChI is InChI=1S/C18H20N6O2/c1-12-9-19-17(25)6-7-24(12)18(26)15-8-13(21-22-15)10-23-11-20-14-4-2-3-5-16(14)23/h2-5,8,11-12H,6-7,9-10H2,1H3,(H,19,25)(H,21,22)/t12-/m0/s1. The van der Waals surface area contributed by atoms with Gasteiger partial charge in [0.15, 0.2) is 0 Å². The molecule has 0 aliphatic carbocycles. The minimum atomic E-state index is -0.160. The first-order valence-electron chi connectivity index (χ1n) is 8.63. The molecule has 134 valence electrons. The summed E-state index contributed by atoms with van der Waals surface area (Å²) in [6.07, 6.45) is 2.09. The second kappa shape index (κ2) is 6.62. The van der Waals surface area contributed by atoms with Gasteiger partial charge < -0.3 is 14.8 Å². The zero-order valence-electron chi connectivity index (χ0n) is 14.5. The minimum Gasteiger partial charge on any atom is -0.354 e. The van der Waals surface area contributed by atoms with E-state index >= 15 is 0 Å². The Morgan fingerprint density at radius 3 is 3.08 bits per heavy atom. The highest BCUT2D eigenvalue weighted by Gasteiger charge is 2.26. The predicted octanol–water partition coefficient (Wildman–Crippen LogP) is 1.16. The summed E-state index contributed by atoms with van der Waals surface area (Å²) in [6.45, 7) is 3.34. The summed E-state index contributed by atoms with van der Waals surface area (Å²) in [5, 5.41) is 9.93. The Morgan fingerprint density at radius 2 is 2.19 bits per heavy atom. The van der Waals surface area contributed by atoms with Crippen molar-refractivity contribution in [2.24, 2.45) is 0 Å². The predicted molar refractivity (Wildman–Crippen MR) is 95.5 cm³/mol. The Labute approximate surface area is 150 Å². The normalized spacial score (nSPS) is 18.0. The van der Waals surface area contributed by atoms with Crippen molar-refractivity contribution in [3.05, 3.63) is 48.0 Å². The molecule has 26 heavy (non-hydrogen) atoms. The van der Waals surface area contributed by atoms with Gasteiger partial charge in [-0.3, -0.25) is 14.7 Å². The first-order valence-corrected chi connectivity index (χ1v) is 8.63. The van der Waals surface area contributed by atoms with E-state index in [-0.39, 0.29) is 17.9 Å². The summed E-state index contributed by atoms with van der Waals surface area (Å²) in [5.41, 5.74) is 3.15. The van der Waals surface area contributed by atoms with E-state index in [4.69, 9.17) is 0 Å². The van der Waals surface area contributed by atoms with E-state index in [0.29, 0.717) is 31.7 Å². The molecule has 0 radical (unpaired) electrons. The second-order valence-corrected chi connectivity index (χ2v) is 6.54. The van der Waals surface area contributed by atoms with Crippen LogP contribution in [0.2, 0.25) is 0 Å². The van der Waals surface area contributed by atoms with Gasteiger partial charge in [0, 0.05) is 25.6 Å². The van der Waals surface area contributed by atoms with Gasteiger partial charge in [-0.15, -0.1) is 0 Å². The molecule has 1 aliphatic heterocycles. The maximum absolute atomic E-state index is 12.8. The number of carbonyl (C=O) groups is 2. The van der Waals surface area contributed by atoms with Crippen LogP contribution in [0.3, 0.4) is 0 Å². The number of H-pyrrole nitrogens is 1. The van der Waals surface area contributed by atoms with Gasteiger partial charge in [-0.2, -0.15) is 5.10 Å². The lowest BCUT2D eigenvalue weighted by atomic mass is 10.2. The van der Waals surface area contributed by atoms with Crippen LogP contribution < -0.4 is 5.32 Å². The number of para-hydroxylation sites is 2. The maximum Gasteiger partial charge on any atom is 0.274 e. The summed E-state index contributed by atoms with van der Waals surface area (Å²) in [7, 11) is 0. The van der Waals surface area contributed by atoms with E-state index in [9.17, 15) is 9.59 Å². The van der Waals surface area contributed by atoms with Gasteiger partial charge in [-0.05, 0) is 25.1 Å². The van der Waals surface area contributed by atoms with Gasteiger partial charge in [-0.25, -0.2) is 4.98 Å². The number of aromatic amines is 1. The number of nitrogens with zero attached hydrogens (tertiary/aromatic N) is 4. The molecule has 0 spiro atoms. The molecule has 1 atom stereocenters. The SMILES string of the molecule is C[C@H]1CNC(=O)CCN1C(=O)c1cc(Cn2cnc3ccccc32)[nH]n1. The first kappa shape index (κ1) is 16.3. The van der Waals surface area contributed by atoms with Crippen molar-refractivity contribution < 1.29 is 9.59 Å². The highest BCUT2D eigenvalue weighted by molar-refractivity contribution is 5.93. The molecule has 2 N–H and O–H groups in total. The molecular weight excluding hydrogens is 332 g/mol. The molecule has 0 saturated carbocycles. The molecule has 4 rings (SSSR count). The fraction of sp³-hybridized carbons (Fsp3) is 0.333. The quantitative estimate of drug-likeness (QED) is 0.739. The van der Waals surface area contributed by atoms with Crippen LogP contribution in [-0.4, -0.2) is 55.6 Å². The number of nitrogens with one attached hydrogen (secondary N) is 2. The van der Waals surface area contributed by atoms with Gasteiger partial charge in [0.25, 0.3) is 5.91 Å². The average Bonchev–Trinajstić information content (AvgIpc) is 3.24.